The standard InChI is InChI=1S/C10H2F20O2/c11-1-2(12,13)3(14,15)4(16,17)5(18,19)7(23,24)31-9(27,28)10(29,30)32-8(25,26)6(20,21)22/h1H2. The molecule has 0 aromatic rings. The van der Waals surface area contributed by atoms with Crippen molar-refractivity contribution in [3.63, 3.8) is 0 Å². The predicted molar refractivity (Wildman–Crippen MR) is 53.8 cm³/mol. The smallest absolute Gasteiger partial charge is 0.244 e. The Bertz CT molecular complexity index is 662. The lowest BCUT2D eigenvalue weighted by molar-refractivity contribution is -0.555. The van der Waals surface area contributed by atoms with E-state index in [1.807, 2.05) is 0 Å². The highest BCUT2D eigenvalue weighted by Gasteiger charge is 2.88. The topological polar surface area (TPSA) is 18.5 Å². The van der Waals surface area contributed by atoms with Gasteiger partial charge in [-0.3, -0.25) is 0 Å². The molecule has 0 spiro atoms. The molecule has 0 unspecified atom stereocenters. The summed E-state index contributed by atoms with van der Waals surface area (Å²) in [6.45, 7) is -3.95. The van der Waals surface area contributed by atoms with E-state index in [4.69, 9.17) is 0 Å². The van der Waals surface area contributed by atoms with Gasteiger partial charge in [-0.05, 0) is 0 Å². The van der Waals surface area contributed by atoms with Crippen molar-refractivity contribution >= 4 is 0 Å². The first kappa shape index (κ1) is 30.5. The number of ether oxygens (including phenoxy) is 2. The van der Waals surface area contributed by atoms with Gasteiger partial charge in [-0.1, -0.05) is 0 Å². The number of rotatable bonds is 10. The van der Waals surface area contributed by atoms with Crippen LogP contribution in [-0.4, -0.2) is 61.0 Å². The lowest BCUT2D eigenvalue weighted by Crippen LogP contribution is -2.69. The first-order valence-corrected chi connectivity index (χ1v) is 6.53. The molecule has 0 aliphatic rings. The Labute approximate surface area is 160 Å². The van der Waals surface area contributed by atoms with Crippen LogP contribution in [0.1, 0.15) is 0 Å². The van der Waals surface area contributed by atoms with E-state index in [2.05, 4.69) is 0 Å². The Hall–Kier alpha value is -1.48. The zero-order valence-corrected chi connectivity index (χ0v) is 13.6. The van der Waals surface area contributed by atoms with Crippen molar-refractivity contribution in [2.24, 2.45) is 0 Å². The van der Waals surface area contributed by atoms with Gasteiger partial charge in [0, 0.05) is 0 Å². The third-order valence-corrected chi connectivity index (χ3v) is 2.96. The monoisotopic (exact) mass is 534 g/mol. The highest BCUT2D eigenvalue weighted by atomic mass is 19.4. The maximum atomic E-state index is 13.1. The maximum Gasteiger partial charge on any atom is 0.483 e. The van der Waals surface area contributed by atoms with Crippen LogP contribution < -0.4 is 0 Å². The molecular weight excluding hydrogens is 532 g/mol. The highest BCUT2D eigenvalue weighted by Crippen LogP contribution is 2.59. The zero-order chi connectivity index (χ0) is 26.6. The summed E-state index contributed by atoms with van der Waals surface area (Å²) in [4.78, 5) is 0. The molecule has 0 rings (SSSR count). The van der Waals surface area contributed by atoms with Crippen LogP contribution in [0.5, 0.6) is 0 Å². The van der Waals surface area contributed by atoms with E-state index in [1.54, 1.807) is 0 Å². The lowest BCUT2D eigenvalue weighted by atomic mass is 9.98. The molecule has 0 aromatic heterocycles. The Morgan fingerprint density at radius 3 is 0.969 bits per heavy atom. The normalized spacial score (nSPS) is 16.5. The van der Waals surface area contributed by atoms with Crippen LogP contribution in [0.25, 0.3) is 0 Å². The van der Waals surface area contributed by atoms with Crippen molar-refractivity contribution in [2.45, 2.75) is 54.3 Å². The molecule has 0 amide bonds. The summed E-state index contributed by atoms with van der Waals surface area (Å²) in [5.74, 6) is -31.5. The second-order valence-electron chi connectivity index (χ2n) is 5.33. The first-order valence-electron chi connectivity index (χ1n) is 6.53. The predicted octanol–water partition coefficient (Wildman–Crippen LogP) is 6.46. The Balaban J connectivity index is 6.26. The minimum atomic E-state index is -8.39. The van der Waals surface area contributed by atoms with Crippen molar-refractivity contribution < 1.29 is 97.3 Å². The summed E-state index contributed by atoms with van der Waals surface area (Å²) in [6, 6.07) is 0. The molecule has 0 aliphatic carbocycles. The fourth-order valence-electron chi connectivity index (χ4n) is 1.26. The van der Waals surface area contributed by atoms with Crippen LogP contribution in [0.3, 0.4) is 0 Å². The number of halogens is 20. The molecule has 0 bridgehead atoms. The molecular formula is C10H2F20O2. The molecule has 0 radical (unpaired) electrons. The summed E-state index contributed by atoms with van der Waals surface area (Å²) in [5, 5.41) is 0. The molecule has 0 fully saturated rings. The fraction of sp³-hybridized carbons (Fsp3) is 1.00. The molecule has 194 valence electrons. The number of alkyl halides is 20. The van der Waals surface area contributed by atoms with Crippen molar-refractivity contribution in [1.82, 2.24) is 0 Å². The molecule has 0 N–H and O–H groups in total. The summed E-state index contributed by atoms with van der Waals surface area (Å²) in [5.41, 5.74) is 0. The van der Waals surface area contributed by atoms with Crippen molar-refractivity contribution in [3.05, 3.63) is 0 Å². The second-order valence-corrected chi connectivity index (χ2v) is 5.33. The molecule has 0 atom stereocenters. The quantitative estimate of drug-likeness (QED) is 0.300. The van der Waals surface area contributed by atoms with Crippen molar-refractivity contribution in [2.75, 3.05) is 6.67 Å². The van der Waals surface area contributed by atoms with Crippen molar-refractivity contribution in [3.8, 4) is 0 Å². The second kappa shape index (κ2) is 7.79. The fourth-order valence-corrected chi connectivity index (χ4v) is 1.26. The van der Waals surface area contributed by atoms with Gasteiger partial charge >= 0.3 is 54.3 Å². The van der Waals surface area contributed by atoms with Crippen LogP contribution in [0, 0.1) is 0 Å². The number of hydrogen-bond acceptors (Lipinski definition) is 2. The summed E-state index contributed by atoms with van der Waals surface area (Å²) >= 11 is 0. The Kier molecular flexibility index (Phi) is 7.43. The summed E-state index contributed by atoms with van der Waals surface area (Å²) in [6.07, 6.45) is -38.4. The molecule has 0 aliphatic heterocycles. The van der Waals surface area contributed by atoms with Gasteiger partial charge in [0.15, 0.2) is 6.67 Å². The van der Waals surface area contributed by atoms with Crippen LogP contribution >= 0.6 is 0 Å². The van der Waals surface area contributed by atoms with E-state index < -0.39 is 61.0 Å². The summed E-state index contributed by atoms with van der Waals surface area (Å²) in [7, 11) is 0. The minimum Gasteiger partial charge on any atom is -0.244 e. The SMILES string of the molecule is FCC(F)(F)C(F)(F)C(F)(F)C(F)(F)C(F)(F)OC(F)(F)C(F)(F)OC(F)(F)C(F)(F)F. The molecule has 0 saturated carbocycles. The van der Waals surface area contributed by atoms with Crippen LogP contribution in [0.4, 0.5) is 87.8 Å². The van der Waals surface area contributed by atoms with E-state index in [0.717, 1.165) is 4.74 Å². The van der Waals surface area contributed by atoms with Crippen LogP contribution in [-0.2, 0) is 9.47 Å². The van der Waals surface area contributed by atoms with Gasteiger partial charge in [-0.15, -0.1) is 0 Å². The largest absolute Gasteiger partial charge is 0.483 e. The van der Waals surface area contributed by atoms with Gasteiger partial charge in [0.05, 0.1) is 0 Å². The van der Waals surface area contributed by atoms with Gasteiger partial charge in [0.1, 0.15) is 0 Å². The van der Waals surface area contributed by atoms with Gasteiger partial charge in [-0.2, -0.15) is 83.4 Å². The van der Waals surface area contributed by atoms with Gasteiger partial charge in [0.25, 0.3) is 0 Å². The molecule has 0 saturated heterocycles. The Morgan fingerprint density at radius 2 is 0.688 bits per heavy atom. The van der Waals surface area contributed by atoms with Crippen molar-refractivity contribution in [1.29, 1.82) is 0 Å². The molecule has 2 nitrogen and oxygen atoms in total. The van der Waals surface area contributed by atoms with E-state index >= 15 is 0 Å². The van der Waals surface area contributed by atoms with E-state index in [0.29, 0.717) is 0 Å². The minimum absolute atomic E-state index is 1.10. The Morgan fingerprint density at radius 1 is 0.375 bits per heavy atom. The van der Waals surface area contributed by atoms with Gasteiger partial charge < -0.3 is 0 Å². The third-order valence-electron chi connectivity index (χ3n) is 2.96. The highest BCUT2D eigenvalue weighted by molar-refractivity contribution is 5.06. The zero-order valence-electron chi connectivity index (χ0n) is 13.6. The lowest BCUT2D eigenvalue weighted by Gasteiger charge is -2.39. The van der Waals surface area contributed by atoms with Crippen LogP contribution in [0.2, 0.25) is 0 Å². The van der Waals surface area contributed by atoms with Crippen LogP contribution in [0.15, 0.2) is 0 Å². The average Bonchev–Trinajstić information content (AvgIpc) is 2.50. The first-order chi connectivity index (χ1) is 13.5. The average molecular weight is 534 g/mol. The van der Waals surface area contributed by atoms with Gasteiger partial charge in [-0.25, -0.2) is 13.9 Å². The van der Waals surface area contributed by atoms with E-state index in [-0.39, 0.29) is 0 Å². The molecule has 0 heterocycles. The summed E-state index contributed by atoms with van der Waals surface area (Å²) < 4.78 is 254. The number of hydrogen-bond donors (Lipinski definition) is 0. The van der Waals surface area contributed by atoms with E-state index in [9.17, 15) is 87.8 Å². The van der Waals surface area contributed by atoms with E-state index in [1.165, 1.54) is 4.74 Å². The maximum absolute atomic E-state index is 13.1. The molecule has 22 heteroatoms. The van der Waals surface area contributed by atoms with Gasteiger partial charge in [0.2, 0.25) is 0 Å². The molecule has 32 heavy (non-hydrogen) atoms. The third kappa shape index (κ3) is 4.74. The molecule has 0 aromatic carbocycles.